The number of nitrogens with zero attached hydrogens (tertiary/aromatic N) is 3. The Labute approximate surface area is 152 Å². The van der Waals surface area contributed by atoms with Gasteiger partial charge in [0.1, 0.15) is 0 Å². The van der Waals surface area contributed by atoms with Crippen LogP contribution in [-0.2, 0) is 21.1 Å². The Kier molecular flexibility index (Phi) is 5.19. The van der Waals surface area contributed by atoms with E-state index in [1.54, 1.807) is 0 Å². The fourth-order valence-electron chi connectivity index (χ4n) is 3.23. The second-order valence-corrected chi connectivity index (χ2v) is 9.53. The van der Waals surface area contributed by atoms with Gasteiger partial charge in [-0.25, -0.2) is 8.42 Å². The van der Waals surface area contributed by atoms with E-state index in [0.717, 1.165) is 35.5 Å². The van der Waals surface area contributed by atoms with E-state index in [2.05, 4.69) is 9.59 Å². The molecule has 25 heavy (non-hydrogen) atoms. The van der Waals surface area contributed by atoms with Crippen molar-refractivity contribution >= 4 is 27.3 Å². The van der Waals surface area contributed by atoms with Gasteiger partial charge < -0.3 is 4.90 Å². The Morgan fingerprint density at radius 1 is 1.40 bits per heavy atom. The molecule has 3 rings (SSSR count). The molecule has 1 aliphatic rings. The molecule has 0 bridgehead atoms. The average molecular weight is 380 g/mol. The van der Waals surface area contributed by atoms with E-state index in [0.29, 0.717) is 25.2 Å². The summed E-state index contributed by atoms with van der Waals surface area (Å²) in [5.74, 6) is -0.00178. The van der Waals surface area contributed by atoms with Gasteiger partial charge >= 0.3 is 0 Å². The lowest BCUT2D eigenvalue weighted by molar-refractivity contribution is -0.131. The minimum absolute atomic E-state index is 0.0689. The number of amides is 1. The maximum absolute atomic E-state index is 12.7. The summed E-state index contributed by atoms with van der Waals surface area (Å²) >= 11 is 0.911. The molecule has 0 radical (unpaired) electrons. The lowest BCUT2D eigenvalue weighted by Crippen LogP contribution is -2.40. The fourth-order valence-corrected chi connectivity index (χ4v) is 4.96. The Balaban J connectivity index is 1.73. The molecule has 0 spiro atoms. The predicted molar refractivity (Wildman–Crippen MR) is 96.5 cm³/mol. The normalized spacial score (nSPS) is 18.3. The molecule has 1 amide bonds. The number of piperidine rings is 1. The third-order valence-electron chi connectivity index (χ3n) is 4.42. The molecule has 1 aromatic carbocycles. The summed E-state index contributed by atoms with van der Waals surface area (Å²) in [7, 11) is -3.34. The van der Waals surface area contributed by atoms with Gasteiger partial charge in [-0.2, -0.15) is 0 Å². The second-order valence-electron chi connectivity index (χ2n) is 6.56. The molecule has 6 nitrogen and oxygen atoms in total. The molecule has 0 N–H and O–H groups in total. The largest absolute Gasteiger partial charge is 0.342 e. The highest BCUT2D eigenvalue weighted by Crippen LogP contribution is 2.31. The molecule has 2 aromatic rings. The molecule has 1 aromatic heterocycles. The quantitative estimate of drug-likeness (QED) is 0.813. The van der Waals surface area contributed by atoms with Crippen LogP contribution in [0, 0.1) is 6.92 Å². The average Bonchev–Trinajstić information content (AvgIpc) is 3.05. The number of rotatable bonds is 4. The lowest BCUT2D eigenvalue weighted by Gasteiger charge is -2.32. The van der Waals surface area contributed by atoms with Crippen LogP contribution in [0.15, 0.2) is 28.5 Å². The van der Waals surface area contributed by atoms with E-state index in [1.807, 2.05) is 36.1 Å². The van der Waals surface area contributed by atoms with Gasteiger partial charge in [-0.15, -0.1) is 5.10 Å². The summed E-state index contributed by atoms with van der Waals surface area (Å²) in [4.78, 5) is 14.5. The number of hydrogen-bond acceptors (Lipinski definition) is 6. The van der Waals surface area contributed by atoms with E-state index in [4.69, 9.17) is 0 Å². The minimum Gasteiger partial charge on any atom is -0.342 e. The lowest BCUT2D eigenvalue weighted by atomic mass is 9.95. The van der Waals surface area contributed by atoms with Crippen molar-refractivity contribution in [3.05, 3.63) is 41.1 Å². The molecule has 1 unspecified atom stereocenters. The van der Waals surface area contributed by atoms with Crippen molar-refractivity contribution in [2.45, 2.75) is 36.3 Å². The van der Waals surface area contributed by atoms with Gasteiger partial charge in [-0.05, 0) is 25.3 Å². The highest BCUT2D eigenvalue weighted by Gasteiger charge is 2.31. The van der Waals surface area contributed by atoms with Crippen molar-refractivity contribution in [1.29, 1.82) is 0 Å². The van der Waals surface area contributed by atoms with Crippen LogP contribution in [0.1, 0.15) is 35.6 Å². The van der Waals surface area contributed by atoms with Crippen molar-refractivity contribution in [2.75, 3.05) is 19.3 Å². The zero-order valence-corrected chi connectivity index (χ0v) is 15.9. The standard InChI is InChI=1S/C17H21N3O3S2/c1-12-5-3-6-13(9-12)10-15(21)20-8-4-7-14(11-20)16-17(24-19-18-16)25(2,22)23/h3,5-6,9,14H,4,7-8,10-11H2,1-2H3. The summed E-state index contributed by atoms with van der Waals surface area (Å²) in [5, 5.41) is 4.05. The number of aromatic nitrogens is 2. The van der Waals surface area contributed by atoms with E-state index in [1.165, 1.54) is 6.26 Å². The topological polar surface area (TPSA) is 80.2 Å². The molecule has 1 aliphatic heterocycles. The van der Waals surface area contributed by atoms with Crippen LogP contribution < -0.4 is 0 Å². The van der Waals surface area contributed by atoms with Crippen molar-refractivity contribution in [2.24, 2.45) is 0 Å². The molecule has 1 saturated heterocycles. The molecular formula is C17H21N3O3S2. The maximum Gasteiger partial charge on any atom is 0.227 e. The number of carbonyl (C=O) groups is 1. The first-order valence-electron chi connectivity index (χ1n) is 8.20. The number of benzene rings is 1. The molecule has 8 heteroatoms. The first-order valence-corrected chi connectivity index (χ1v) is 10.9. The van der Waals surface area contributed by atoms with Gasteiger partial charge in [0.05, 0.1) is 12.1 Å². The van der Waals surface area contributed by atoms with Crippen LogP contribution in [-0.4, -0.2) is 48.2 Å². The van der Waals surface area contributed by atoms with Gasteiger partial charge in [0.2, 0.25) is 5.91 Å². The van der Waals surface area contributed by atoms with Gasteiger partial charge in [0.15, 0.2) is 14.0 Å². The zero-order valence-electron chi connectivity index (χ0n) is 14.3. The predicted octanol–water partition coefficient (Wildman–Crippen LogP) is 2.20. The Morgan fingerprint density at radius 2 is 2.20 bits per heavy atom. The van der Waals surface area contributed by atoms with Crippen LogP contribution in [0.3, 0.4) is 0 Å². The minimum atomic E-state index is -3.34. The van der Waals surface area contributed by atoms with Gasteiger partial charge in [0.25, 0.3) is 0 Å². The highest BCUT2D eigenvalue weighted by molar-refractivity contribution is 7.92. The number of carbonyl (C=O) groups excluding carboxylic acids is 1. The Morgan fingerprint density at radius 3 is 2.92 bits per heavy atom. The monoisotopic (exact) mass is 379 g/mol. The number of likely N-dealkylation sites (tertiary alicyclic amines) is 1. The number of aryl methyl sites for hydroxylation is 1. The third-order valence-corrected chi connectivity index (χ3v) is 6.97. The van der Waals surface area contributed by atoms with Gasteiger partial charge in [-0.3, -0.25) is 4.79 Å². The molecule has 0 aliphatic carbocycles. The highest BCUT2D eigenvalue weighted by atomic mass is 32.2. The van der Waals surface area contributed by atoms with Gasteiger partial charge in [-0.1, -0.05) is 34.3 Å². The van der Waals surface area contributed by atoms with E-state index >= 15 is 0 Å². The van der Waals surface area contributed by atoms with E-state index < -0.39 is 9.84 Å². The first kappa shape index (κ1) is 18.0. The smallest absolute Gasteiger partial charge is 0.227 e. The maximum atomic E-state index is 12.7. The van der Waals surface area contributed by atoms with Crippen LogP contribution >= 0.6 is 11.5 Å². The molecule has 1 atom stereocenters. The van der Waals surface area contributed by atoms with Gasteiger partial charge in [0, 0.05) is 36.8 Å². The van der Waals surface area contributed by atoms with Crippen molar-refractivity contribution in [3.63, 3.8) is 0 Å². The molecule has 1 fully saturated rings. The summed E-state index contributed by atoms with van der Waals surface area (Å²) < 4.78 is 27.8. The zero-order chi connectivity index (χ0) is 18.0. The second kappa shape index (κ2) is 7.21. The van der Waals surface area contributed by atoms with Crippen LogP contribution in [0.25, 0.3) is 0 Å². The van der Waals surface area contributed by atoms with E-state index in [-0.39, 0.29) is 16.0 Å². The molecule has 2 heterocycles. The van der Waals surface area contributed by atoms with Crippen LogP contribution in [0.4, 0.5) is 0 Å². The summed E-state index contributed by atoms with van der Waals surface area (Å²) in [5.41, 5.74) is 2.65. The van der Waals surface area contributed by atoms with Crippen LogP contribution in [0.2, 0.25) is 0 Å². The summed E-state index contributed by atoms with van der Waals surface area (Å²) in [6, 6.07) is 7.94. The van der Waals surface area contributed by atoms with E-state index in [9.17, 15) is 13.2 Å². The Bertz CT molecular complexity index is 877. The van der Waals surface area contributed by atoms with Crippen molar-refractivity contribution < 1.29 is 13.2 Å². The molecule has 0 saturated carbocycles. The SMILES string of the molecule is Cc1cccc(CC(=O)N2CCCC(c3nnsc3S(C)(=O)=O)C2)c1. The third kappa shape index (κ3) is 4.24. The number of sulfone groups is 1. The Hall–Kier alpha value is -1.80. The number of hydrogen-bond donors (Lipinski definition) is 0. The van der Waals surface area contributed by atoms with Crippen molar-refractivity contribution in [3.8, 4) is 0 Å². The molecule has 134 valence electrons. The fraction of sp³-hybridized carbons (Fsp3) is 0.471. The summed E-state index contributed by atoms with van der Waals surface area (Å²) in [6.45, 7) is 3.21. The molecular weight excluding hydrogens is 358 g/mol. The first-order chi connectivity index (χ1) is 11.8. The van der Waals surface area contributed by atoms with Crippen molar-refractivity contribution in [1.82, 2.24) is 14.5 Å². The van der Waals surface area contributed by atoms with Crippen LogP contribution in [0.5, 0.6) is 0 Å². The summed E-state index contributed by atoms with van der Waals surface area (Å²) in [6.07, 6.45) is 3.20.